The molecule has 0 saturated carbocycles. The zero-order chi connectivity index (χ0) is 10.7. The Hall–Kier alpha value is -1.80. The predicted molar refractivity (Wildman–Crippen MR) is 56.2 cm³/mol. The molecule has 2 N–H and O–H groups in total. The Balaban J connectivity index is 2.14. The second-order valence-electron chi connectivity index (χ2n) is 3.41. The van der Waals surface area contributed by atoms with Crippen molar-refractivity contribution < 1.29 is 4.74 Å². The maximum absolute atomic E-state index is 8.77. The number of morpholine rings is 1. The summed E-state index contributed by atoms with van der Waals surface area (Å²) in [5.41, 5.74) is 7.22. The van der Waals surface area contributed by atoms with Crippen LogP contribution in [-0.2, 0) is 4.74 Å². The summed E-state index contributed by atoms with van der Waals surface area (Å²) in [7, 11) is 0. The second-order valence-corrected chi connectivity index (χ2v) is 3.41. The molecular formula is C10H12N4O. The quantitative estimate of drug-likeness (QED) is 0.716. The summed E-state index contributed by atoms with van der Waals surface area (Å²) >= 11 is 0. The summed E-state index contributed by atoms with van der Waals surface area (Å²) in [6.07, 6.45) is 2.99. The number of rotatable bonds is 1. The number of nitriles is 1. The Bertz CT molecular complexity index is 387. The number of pyridine rings is 1. The molecule has 0 spiro atoms. The van der Waals surface area contributed by atoms with E-state index >= 15 is 0 Å². The maximum Gasteiger partial charge on any atom is 0.161 e. The van der Waals surface area contributed by atoms with Gasteiger partial charge in [0, 0.05) is 12.7 Å². The van der Waals surface area contributed by atoms with Gasteiger partial charge in [-0.3, -0.25) is 4.98 Å². The molecule has 2 heterocycles. The lowest BCUT2D eigenvalue weighted by molar-refractivity contribution is 0.0764. The van der Waals surface area contributed by atoms with Crippen molar-refractivity contribution in [3.8, 4) is 6.07 Å². The van der Waals surface area contributed by atoms with Crippen molar-refractivity contribution in [1.29, 1.82) is 5.26 Å². The van der Waals surface area contributed by atoms with Gasteiger partial charge in [-0.05, 0) is 6.07 Å². The van der Waals surface area contributed by atoms with E-state index in [1.807, 2.05) is 6.07 Å². The minimum absolute atomic E-state index is 0.361. The largest absolute Gasteiger partial charge is 0.397 e. The molecule has 1 unspecified atom stereocenters. The monoisotopic (exact) mass is 204 g/mol. The van der Waals surface area contributed by atoms with E-state index in [1.54, 1.807) is 12.4 Å². The topological polar surface area (TPSA) is 75.2 Å². The normalized spacial score (nSPS) is 21.0. The highest BCUT2D eigenvalue weighted by atomic mass is 16.5. The molecule has 5 heteroatoms. The van der Waals surface area contributed by atoms with E-state index in [9.17, 15) is 0 Å². The molecule has 1 saturated heterocycles. The molecule has 0 aliphatic carbocycles. The van der Waals surface area contributed by atoms with Crippen molar-refractivity contribution in [3.63, 3.8) is 0 Å². The lowest BCUT2D eigenvalue weighted by atomic mass is 10.2. The SMILES string of the molecule is N#CC1CN(c2cncc(N)c2)CCO1. The molecule has 1 aromatic rings. The third kappa shape index (κ3) is 2.17. The highest BCUT2D eigenvalue weighted by molar-refractivity contribution is 5.53. The molecule has 1 fully saturated rings. The van der Waals surface area contributed by atoms with E-state index in [-0.39, 0.29) is 6.10 Å². The van der Waals surface area contributed by atoms with Crippen LogP contribution in [0.4, 0.5) is 11.4 Å². The first-order valence-corrected chi connectivity index (χ1v) is 4.76. The van der Waals surface area contributed by atoms with Gasteiger partial charge >= 0.3 is 0 Å². The Morgan fingerprint density at radius 1 is 1.60 bits per heavy atom. The average molecular weight is 204 g/mol. The lowest BCUT2D eigenvalue weighted by Crippen LogP contribution is -2.41. The van der Waals surface area contributed by atoms with Crippen LogP contribution in [0.15, 0.2) is 18.5 Å². The highest BCUT2D eigenvalue weighted by Crippen LogP contribution is 2.18. The van der Waals surface area contributed by atoms with E-state index in [4.69, 9.17) is 15.7 Å². The average Bonchev–Trinajstić information content (AvgIpc) is 2.29. The second kappa shape index (κ2) is 4.15. The number of anilines is 2. The Morgan fingerprint density at radius 2 is 2.47 bits per heavy atom. The number of ether oxygens (including phenoxy) is 1. The molecule has 1 aromatic heterocycles. The first kappa shape index (κ1) is 9.74. The summed E-state index contributed by atoms with van der Waals surface area (Å²) in [6.45, 7) is 1.90. The molecule has 15 heavy (non-hydrogen) atoms. The molecule has 0 radical (unpaired) electrons. The molecule has 0 amide bonds. The number of nitrogen functional groups attached to an aromatic ring is 1. The summed E-state index contributed by atoms with van der Waals surface area (Å²) in [5, 5.41) is 8.77. The minimum Gasteiger partial charge on any atom is -0.397 e. The van der Waals surface area contributed by atoms with Crippen molar-refractivity contribution in [2.45, 2.75) is 6.10 Å². The van der Waals surface area contributed by atoms with Crippen molar-refractivity contribution in [3.05, 3.63) is 18.5 Å². The summed E-state index contributed by atoms with van der Waals surface area (Å²) in [6, 6.07) is 3.96. The van der Waals surface area contributed by atoms with Gasteiger partial charge in [0.15, 0.2) is 6.10 Å². The first-order valence-electron chi connectivity index (χ1n) is 4.76. The Kier molecular flexibility index (Phi) is 2.70. The van der Waals surface area contributed by atoms with E-state index in [1.165, 1.54) is 0 Å². The summed E-state index contributed by atoms with van der Waals surface area (Å²) in [4.78, 5) is 6.08. The van der Waals surface area contributed by atoms with Crippen LogP contribution in [0, 0.1) is 11.3 Å². The lowest BCUT2D eigenvalue weighted by Gasteiger charge is -2.31. The standard InChI is InChI=1S/C10H12N4O/c11-4-10-7-14(1-2-15-10)9-3-8(12)5-13-6-9/h3,5-6,10H,1-2,7,12H2. The van der Waals surface area contributed by atoms with Gasteiger partial charge in [-0.2, -0.15) is 5.26 Å². The van der Waals surface area contributed by atoms with Crippen molar-refractivity contribution in [1.82, 2.24) is 4.98 Å². The van der Waals surface area contributed by atoms with E-state index in [0.717, 1.165) is 12.2 Å². The van der Waals surface area contributed by atoms with E-state index in [2.05, 4.69) is 16.0 Å². The van der Waals surface area contributed by atoms with E-state index < -0.39 is 0 Å². The Labute approximate surface area is 88.1 Å². The van der Waals surface area contributed by atoms with Gasteiger partial charge in [0.05, 0.1) is 36.8 Å². The van der Waals surface area contributed by atoms with Crippen LogP contribution in [0.2, 0.25) is 0 Å². The first-order chi connectivity index (χ1) is 7.29. The van der Waals surface area contributed by atoms with Gasteiger partial charge in [-0.15, -0.1) is 0 Å². The zero-order valence-corrected chi connectivity index (χ0v) is 8.26. The number of nitrogens with two attached hydrogens (primary N) is 1. The van der Waals surface area contributed by atoms with Crippen molar-refractivity contribution >= 4 is 11.4 Å². The van der Waals surface area contributed by atoms with Crippen LogP contribution in [-0.4, -0.2) is 30.8 Å². The maximum atomic E-state index is 8.77. The molecule has 2 rings (SSSR count). The van der Waals surface area contributed by atoms with Crippen molar-refractivity contribution in [2.24, 2.45) is 0 Å². The van der Waals surface area contributed by atoms with Crippen LogP contribution in [0.5, 0.6) is 0 Å². The minimum atomic E-state index is -0.361. The fourth-order valence-electron chi connectivity index (χ4n) is 1.58. The number of nitrogens with zero attached hydrogens (tertiary/aromatic N) is 3. The smallest absolute Gasteiger partial charge is 0.161 e. The molecule has 1 aliphatic rings. The van der Waals surface area contributed by atoms with Gasteiger partial charge in [0.25, 0.3) is 0 Å². The van der Waals surface area contributed by atoms with Crippen LogP contribution in [0.3, 0.4) is 0 Å². The van der Waals surface area contributed by atoms with Crippen LogP contribution in [0.25, 0.3) is 0 Å². The molecule has 1 atom stereocenters. The summed E-state index contributed by atoms with van der Waals surface area (Å²) in [5.74, 6) is 0. The molecule has 5 nitrogen and oxygen atoms in total. The van der Waals surface area contributed by atoms with Gasteiger partial charge in [-0.25, -0.2) is 0 Å². The zero-order valence-electron chi connectivity index (χ0n) is 8.26. The van der Waals surface area contributed by atoms with Crippen LogP contribution in [0.1, 0.15) is 0 Å². The Morgan fingerprint density at radius 3 is 3.20 bits per heavy atom. The van der Waals surface area contributed by atoms with Crippen LogP contribution >= 0.6 is 0 Å². The van der Waals surface area contributed by atoms with E-state index in [0.29, 0.717) is 18.8 Å². The third-order valence-corrected chi connectivity index (χ3v) is 2.32. The van der Waals surface area contributed by atoms with Crippen LogP contribution < -0.4 is 10.6 Å². The van der Waals surface area contributed by atoms with Gasteiger partial charge < -0.3 is 15.4 Å². The molecular weight excluding hydrogens is 192 g/mol. The fourth-order valence-corrected chi connectivity index (χ4v) is 1.58. The number of hydrogen-bond donors (Lipinski definition) is 1. The number of hydrogen-bond acceptors (Lipinski definition) is 5. The van der Waals surface area contributed by atoms with Gasteiger partial charge in [0.1, 0.15) is 0 Å². The fraction of sp³-hybridized carbons (Fsp3) is 0.400. The molecule has 78 valence electrons. The molecule has 0 aromatic carbocycles. The van der Waals surface area contributed by atoms with Gasteiger partial charge in [0.2, 0.25) is 0 Å². The van der Waals surface area contributed by atoms with Gasteiger partial charge in [-0.1, -0.05) is 0 Å². The molecule has 1 aliphatic heterocycles. The third-order valence-electron chi connectivity index (χ3n) is 2.32. The highest BCUT2D eigenvalue weighted by Gasteiger charge is 2.20. The molecule has 0 bridgehead atoms. The number of aromatic nitrogens is 1. The van der Waals surface area contributed by atoms with Crippen molar-refractivity contribution in [2.75, 3.05) is 30.3 Å². The summed E-state index contributed by atoms with van der Waals surface area (Å²) < 4.78 is 5.25. The predicted octanol–water partition coefficient (Wildman–Crippen LogP) is 0.393.